The van der Waals surface area contributed by atoms with E-state index in [0.717, 1.165) is 28.6 Å². The van der Waals surface area contributed by atoms with Gasteiger partial charge < -0.3 is 5.73 Å². The third-order valence-electron chi connectivity index (χ3n) is 3.16. The lowest BCUT2D eigenvalue weighted by molar-refractivity contribution is -0.117. The average molecular weight is 242 g/mol. The summed E-state index contributed by atoms with van der Waals surface area (Å²) in [7, 11) is 0. The lowest BCUT2D eigenvalue weighted by Crippen LogP contribution is -2.11. The predicted octanol–water partition coefficient (Wildman–Crippen LogP) is 2.52. The molecule has 0 fully saturated rings. The number of hydrogen-bond donors (Lipinski definition) is 1. The molecule has 94 valence electrons. The number of rotatable bonds is 4. The minimum absolute atomic E-state index is 0.260. The fraction of sp³-hybridized carbons (Fsp3) is 0.333. The molecule has 1 aromatic carbocycles. The molecule has 0 radical (unpaired) electrons. The van der Waals surface area contributed by atoms with Crippen molar-refractivity contribution < 1.29 is 4.79 Å². The summed E-state index contributed by atoms with van der Waals surface area (Å²) >= 11 is 0. The fourth-order valence-electron chi connectivity index (χ4n) is 2.27. The van der Waals surface area contributed by atoms with Gasteiger partial charge in [-0.3, -0.25) is 9.78 Å². The summed E-state index contributed by atoms with van der Waals surface area (Å²) in [4.78, 5) is 15.5. The van der Waals surface area contributed by atoms with Crippen molar-refractivity contribution in [2.45, 2.75) is 33.1 Å². The molecule has 0 aliphatic rings. The molecule has 3 nitrogen and oxygen atoms in total. The van der Waals surface area contributed by atoms with E-state index in [-0.39, 0.29) is 5.91 Å². The quantitative estimate of drug-likeness (QED) is 0.895. The monoisotopic (exact) mass is 242 g/mol. The van der Waals surface area contributed by atoms with Gasteiger partial charge in [-0.15, -0.1) is 0 Å². The summed E-state index contributed by atoms with van der Waals surface area (Å²) in [5.41, 5.74) is 9.67. The first-order valence-corrected chi connectivity index (χ1v) is 6.28. The molecular weight excluding hydrogens is 224 g/mol. The Morgan fingerprint density at radius 1 is 1.33 bits per heavy atom. The van der Waals surface area contributed by atoms with Crippen LogP contribution in [0.5, 0.6) is 0 Å². The zero-order valence-corrected chi connectivity index (χ0v) is 10.9. The first-order valence-electron chi connectivity index (χ1n) is 6.28. The third-order valence-corrected chi connectivity index (χ3v) is 3.16. The van der Waals surface area contributed by atoms with Gasteiger partial charge in [0, 0.05) is 17.5 Å². The van der Waals surface area contributed by atoms with Gasteiger partial charge in [0.2, 0.25) is 5.91 Å². The van der Waals surface area contributed by atoms with Crippen molar-refractivity contribution in [1.82, 2.24) is 4.98 Å². The average Bonchev–Trinajstić information content (AvgIpc) is 2.35. The minimum Gasteiger partial charge on any atom is -0.370 e. The van der Waals surface area contributed by atoms with Gasteiger partial charge in [0.15, 0.2) is 0 Å². The molecule has 0 saturated heterocycles. The summed E-state index contributed by atoms with van der Waals surface area (Å²) in [6.07, 6.45) is 2.03. The van der Waals surface area contributed by atoms with Crippen LogP contribution in [0.2, 0.25) is 0 Å². The lowest BCUT2D eigenvalue weighted by Gasteiger charge is -2.10. The largest absolute Gasteiger partial charge is 0.370 e. The van der Waals surface area contributed by atoms with Crippen molar-refractivity contribution in [1.29, 1.82) is 0 Å². The Hall–Kier alpha value is -1.90. The molecule has 0 unspecified atom stereocenters. The van der Waals surface area contributed by atoms with Crippen LogP contribution < -0.4 is 5.73 Å². The highest BCUT2D eigenvalue weighted by Gasteiger charge is 2.08. The molecule has 0 saturated carbocycles. The van der Waals surface area contributed by atoms with Crippen molar-refractivity contribution in [2.75, 3.05) is 0 Å². The van der Waals surface area contributed by atoms with Crippen LogP contribution >= 0.6 is 0 Å². The number of amides is 1. The number of fused-ring (bicyclic) bond motifs is 1. The second-order valence-electron chi connectivity index (χ2n) is 4.56. The second kappa shape index (κ2) is 5.17. The lowest BCUT2D eigenvalue weighted by atomic mass is 9.99. The highest BCUT2D eigenvalue weighted by molar-refractivity contribution is 5.86. The van der Waals surface area contributed by atoms with Gasteiger partial charge in [-0.2, -0.15) is 0 Å². The van der Waals surface area contributed by atoms with Crippen molar-refractivity contribution >= 4 is 16.8 Å². The summed E-state index contributed by atoms with van der Waals surface area (Å²) in [5.74, 6) is -0.260. The fourth-order valence-corrected chi connectivity index (χ4v) is 2.27. The van der Waals surface area contributed by atoms with Crippen LogP contribution in [-0.2, 0) is 17.6 Å². The Morgan fingerprint density at radius 3 is 2.78 bits per heavy atom. The van der Waals surface area contributed by atoms with Gasteiger partial charge in [0.25, 0.3) is 0 Å². The number of hydrogen-bond acceptors (Lipinski definition) is 2. The molecule has 1 amide bonds. The number of nitrogens with two attached hydrogens (primary N) is 1. The first-order chi connectivity index (χ1) is 8.61. The number of aryl methyl sites for hydroxylation is 3. The SMILES string of the molecule is CCc1cccc2c(CCC(N)=O)cc(C)nc12. The molecule has 2 N–H and O–H groups in total. The van der Waals surface area contributed by atoms with E-state index < -0.39 is 0 Å². The van der Waals surface area contributed by atoms with E-state index in [1.54, 1.807) is 0 Å². The molecule has 0 spiro atoms. The molecule has 2 rings (SSSR count). The Morgan fingerprint density at radius 2 is 2.11 bits per heavy atom. The summed E-state index contributed by atoms with van der Waals surface area (Å²) < 4.78 is 0. The number of primary amides is 1. The van der Waals surface area contributed by atoms with E-state index in [2.05, 4.69) is 24.0 Å². The molecule has 18 heavy (non-hydrogen) atoms. The Kier molecular flexibility index (Phi) is 3.60. The Bertz CT molecular complexity index is 590. The first kappa shape index (κ1) is 12.6. The number of carbonyl (C=O) groups is 1. The maximum absolute atomic E-state index is 10.9. The number of carbonyl (C=O) groups excluding carboxylic acids is 1. The van der Waals surface area contributed by atoms with E-state index in [1.807, 2.05) is 19.1 Å². The Labute approximate surface area is 107 Å². The van der Waals surface area contributed by atoms with Gasteiger partial charge in [0.1, 0.15) is 0 Å². The number of para-hydroxylation sites is 1. The second-order valence-corrected chi connectivity index (χ2v) is 4.56. The maximum Gasteiger partial charge on any atom is 0.217 e. The van der Waals surface area contributed by atoms with Gasteiger partial charge in [-0.05, 0) is 37.0 Å². The van der Waals surface area contributed by atoms with Gasteiger partial charge in [0.05, 0.1) is 5.52 Å². The van der Waals surface area contributed by atoms with Gasteiger partial charge in [-0.1, -0.05) is 25.1 Å². The number of benzene rings is 1. The van der Waals surface area contributed by atoms with Gasteiger partial charge >= 0.3 is 0 Å². The molecule has 1 aromatic heterocycles. The highest BCUT2D eigenvalue weighted by atomic mass is 16.1. The van der Waals surface area contributed by atoms with E-state index in [1.165, 1.54) is 5.56 Å². The highest BCUT2D eigenvalue weighted by Crippen LogP contribution is 2.23. The van der Waals surface area contributed by atoms with Crippen LogP contribution in [0.1, 0.15) is 30.2 Å². The van der Waals surface area contributed by atoms with Crippen molar-refractivity contribution in [2.24, 2.45) is 5.73 Å². The van der Waals surface area contributed by atoms with Gasteiger partial charge in [-0.25, -0.2) is 0 Å². The molecule has 2 aromatic rings. The molecule has 0 aliphatic heterocycles. The number of pyridine rings is 1. The zero-order chi connectivity index (χ0) is 13.1. The van der Waals surface area contributed by atoms with Crippen molar-refractivity contribution in [3.05, 3.63) is 41.1 Å². The van der Waals surface area contributed by atoms with Crippen LogP contribution in [0.25, 0.3) is 10.9 Å². The molecule has 0 atom stereocenters. The van der Waals surface area contributed by atoms with E-state index in [0.29, 0.717) is 12.8 Å². The van der Waals surface area contributed by atoms with Crippen LogP contribution in [0.3, 0.4) is 0 Å². The van der Waals surface area contributed by atoms with Crippen LogP contribution in [0, 0.1) is 6.92 Å². The smallest absolute Gasteiger partial charge is 0.217 e. The van der Waals surface area contributed by atoms with E-state index >= 15 is 0 Å². The van der Waals surface area contributed by atoms with Crippen LogP contribution in [0.4, 0.5) is 0 Å². The van der Waals surface area contributed by atoms with E-state index in [4.69, 9.17) is 5.73 Å². The third kappa shape index (κ3) is 2.50. The standard InChI is InChI=1S/C15H18N2O/c1-3-11-5-4-6-13-12(7-8-14(16)18)9-10(2)17-15(11)13/h4-6,9H,3,7-8H2,1-2H3,(H2,16,18). The normalized spacial score (nSPS) is 10.8. The molecular formula is C15H18N2O. The molecule has 0 aliphatic carbocycles. The summed E-state index contributed by atoms with van der Waals surface area (Å²) in [6.45, 7) is 4.11. The van der Waals surface area contributed by atoms with Crippen molar-refractivity contribution in [3.8, 4) is 0 Å². The minimum atomic E-state index is -0.260. The van der Waals surface area contributed by atoms with E-state index in [9.17, 15) is 4.79 Å². The van der Waals surface area contributed by atoms with Crippen LogP contribution in [0.15, 0.2) is 24.3 Å². The summed E-state index contributed by atoms with van der Waals surface area (Å²) in [5, 5.41) is 1.14. The molecule has 1 heterocycles. The topological polar surface area (TPSA) is 56.0 Å². The predicted molar refractivity (Wildman–Crippen MR) is 73.4 cm³/mol. The zero-order valence-electron chi connectivity index (χ0n) is 10.9. The summed E-state index contributed by atoms with van der Waals surface area (Å²) in [6, 6.07) is 8.26. The molecule has 0 bridgehead atoms. The Balaban J connectivity index is 2.55. The maximum atomic E-state index is 10.9. The van der Waals surface area contributed by atoms with Crippen LogP contribution in [-0.4, -0.2) is 10.9 Å². The number of aromatic nitrogens is 1. The number of nitrogens with zero attached hydrogens (tertiary/aromatic N) is 1. The van der Waals surface area contributed by atoms with Crippen molar-refractivity contribution in [3.63, 3.8) is 0 Å². The molecule has 3 heteroatoms.